The zero-order valence-electron chi connectivity index (χ0n) is 19.4. The standard InChI is InChI=1S/C24H48N4/c1-27(2)21-11-9-12-22(27)18-25(17-21)15-7-5-6-8-16-26-19-23-13-10-14-24(20-26)28(23,3)4/h21-24H,5-20H2,1-4H3/q+2. The molecule has 0 aliphatic carbocycles. The highest BCUT2D eigenvalue weighted by Gasteiger charge is 2.46. The van der Waals surface area contributed by atoms with E-state index in [1.807, 2.05) is 0 Å². The van der Waals surface area contributed by atoms with Crippen LogP contribution >= 0.6 is 0 Å². The van der Waals surface area contributed by atoms with Crippen LogP contribution in [0.25, 0.3) is 0 Å². The molecule has 162 valence electrons. The van der Waals surface area contributed by atoms with Gasteiger partial charge in [-0.15, -0.1) is 0 Å². The molecule has 4 heteroatoms. The predicted octanol–water partition coefficient (Wildman–Crippen LogP) is 3.17. The van der Waals surface area contributed by atoms with E-state index in [1.54, 1.807) is 0 Å². The Morgan fingerprint density at radius 1 is 0.536 bits per heavy atom. The lowest BCUT2D eigenvalue weighted by atomic mass is 9.89. The van der Waals surface area contributed by atoms with Crippen molar-refractivity contribution < 1.29 is 8.97 Å². The fourth-order valence-electron chi connectivity index (χ4n) is 7.04. The van der Waals surface area contributed by atoms with Crippen LogP contribution in [0.1, 0.15) is 64.2 Å². The van der Waals surface area contributed by atoms with Crippen LogP contribution in [0.2, 0.25) is 0 Å². The van der Waals surface area contributed by atoms with E-state index in [0.29, 0.717) is 0 Å². The van der Waals surface area contributed by atoms with Crippen molar-refractivity contribution in [2.45, 2.75) is 88.4 Å². The third kappa shape index (κ3) is 4.31. The van der Waals surface area contributed by atoms with Crippen LogP contribution in [-0.2, 0) is 0 Å². The van der Waals surface area contributed by atoms with Gasteiger partial charge in [0.05, 0.1) is 54.4 Å². The molecule has 0 amide bonds. The molecule has 4 nitrogen and oxygen atoms in total. The Balaban J connectivity index is 1.11. The Morgan fingerprint density at radius 3 is 1.18 bits per heavy atom. The number of hydrogen-bond donors (Lipinski definition) is 0. The monoisotopic (exact) mass is 392 g/mol. The van der Waals surface area contributed by atoms with E-state index in [4.69, 9.17) is 0 Å². The van der Waals surface area contributed by atoms with E-state index in [-0.39, 0.29) is 0 Å². The molecule has 4 aliphatic heterocycles. The number of likely N-dealkylation sites (tertiary alicyclic amines) is 2. The number of likely N-dealkylation sites (N-methyl/N-ethyl adjacent to an activating group) is 2. The first-order chi connectivity index (χ1) is 13.4. The number of hydrogen-bond acceptors (Lipinski definition) is 2. The van der Waals surface area contributed by atoms with Crippen molar-refractivity contribution in [3.63, 3.8) is 0 Å². The Bertz CT molecular complexity index is 439. The molecule has 4 heterocycles. The van der Waals surface area contributed by atoms with Crippen molar-refractivity contribution in [1.29, 1.82) is 0 Å². The van der Waals surface area contributed by atoms with Gasteiger partial charge in [-0.3, -0.25) is 9.80 Å². The minimum atomic E-state index is 0.897. The molecule has 28 heavy (non-hydrogen) atoms. The summed E-state index contributed by atoms with van der Waals surface area (Å²) < 4.78 is 2.59. The smallest absolute Gasteiger partial charge is 0.102 e. The topological polar surface area (TPSA) is 6.48 Å². The maximum atomic E-state index is 2.81. The molecule has 0 N–H and O–H groups in total. The van der Waals surface area contributed by atoms with Gasteiger partial charge in [0.15, 0.2) is 0 Å². The number of piperazine rings is 2. The van der Waals surface area contributed by atoms with Gasteiger partial charge in [-0.25, -0.2) is 0 Å². The molecule has 0 saturated carbocycles. The third-order valence-corrected chi connectivity index (χ3v) is 9.49. The zero-order chi connectivity index (χ0) is 19.8. The molecule has 4 saturated heterocycles. The van der Waals surface area contributed by atoms with Gasteiger partial charge in [-0.1, -0.05) is 12.8 Å². The lowest BCUT2D eigenvalue weighted by Gasteiger charge is -2.54. The number of fused-ring (bicyclic) bond motifs is 4. The number of quaternary nitrogens is 2. The summed E-state index contributed by atoms with van der Waals surface area (Å²) in [5.74, 6) is 0. The van der Waals surface area contributed by atoms with E-state index >= 15 is 0 Å². The maximum Gasteiger partial charge on any atom is 0.102 e. The molecule has 4 rings (SSSR count). The van der Waals surface area contributed by atoms with Crippen LogP contribution in [0.4, 0.5) is 0 Å². The van der Waals surface area contributed by atoms with Crippen LogP contribution in [0.15, 0.2) is 0 Å². The molecule has 0 spiro atoms. The van der Waals surface area contributed by atoms with Gasteiger partial charge in [0.25, 0.3) is 0 Å². The van der Waals surface area contributed by atoms with E-state index < -0.39 is 0 Å². The van der Waals surface area contributed by atoms with Crippen molar-refractivity contribution in [2.24, 2.45) is 0 Å². The Kier molecular flexibility index (Phi) is 6.42. The summed E-state index contributed by atoms with van der Waals surface area (Å²) in [4.78, 5) is 5.62. The molecule has 4 unspecified atom stereocenters. The van der Waals surface area contributed by atoms with Crippen LogP contribution < -0.4 is 0 Å². The highest BCUT2D eigenvalue weighted by Crippen LogP contribution is 2.34. The molecule has 0 aromatic carbocycles. The van der Waals surface area contributed by atoms with E-state index in [9.17, 15) is 0 Å². The number of nitrogens with zero attached hydrogens (tertiary/aromatic N) is 4. The average molecular weight is 393 g/mol. The zero-order valence-corrected chi connectivity index (χ0v) is 19.4. The molecule has 4 atom stereocenters. The van der Waals surface area contributed by atoms with Gasteiger partial charge in [0.1, 0.15) is 24.2 Å². The number of rotatable bonds is 7. The van der Waals surface area contributed by atoms with Crippen LogP contribution in [0.3, 0.4) is 0 Å². The molecule has 4 aliphatic rings. The first-order valence-electron chi connectivity index (χ1n) is 12.5. The lowest BCUT2D eigenvalue weighted by molar-refractivity contribution is -0.948. The van der Waals surface area contributed by atoms with Crippen molar-refractivity contribution in [2.75, 3.05) is 67.5 Å². The maximum absolute atomic E-state index is 2.81. The summed E-state index contributed by atoms with van der Waals surface area (Å²) >= 11 is 0. The summed E-state index contributed by atoms with van der Waals surface area (Å²) in [5, 5.41) is 0. The summed E-state index contributed by atoms with van der Waals surface area (Å²) in [6.45, 7) is 8.13. The largest absolute Gasteiger partial charge is 0.322 e. The van der Waals surface area contributed by atoms with Crippen molar-refractivity contribution in [1.82, 2.24) is 9.80 Å². The molecule has 4 bridgehead atoms. The highest BCUT2D eigenvalue weighted by molar-refractivity contribution is 4.84. The second-order valence-corrected chi connectivity index (χ2v) is 11.7. The van der Waals surface area contributed by atoms with E-state index in [2.05, 4.69) is 38.0 Å². The van der Waals surface area contributed by atoms with Gasteiger partial charge in [-0.05, 0) is 38.8 Å². The predicted molar refractivity (Wildman–Crippen MR) is 118 cm³/mol. The third-order valence-electron chi connectivity index (χ3n) is 9.49. The Morgan fingerprint density at radius 2 is 0.857 bits per heavy atom. The molecule has 0 aromatic heterocycles. The first kappa shape index (κ1) is 21.1. The van der Waals surface area contributed by atoms with Gasteiger partial charge in [0.2, 0.25) is 0 Å². The first-order valence-corrected chi connectivity index (χ1v) is 12.5. The van der Waals surface area contributed by atoms with Crippen LogP contribution in [-0.4, -0.2) is 110 Å². The van der Waals surface area contributed by atoms with Crippen LogP contribution in [0, 0.1) is 0 Å². The minimum absolute atomic E-state index is 0.897. The number of unbranched alkanes of at least 4 members (excludes halogenated alkanes) is 3. The summed E-state index contributed by atoms with van der Waals surface area (Å²) in [5.41, 5.74) is 0. The minimum Gasteiger partial charge on any atom is -0.322 e. The van der Waals surface area contributed by atoms with Gasteiger partial charge < -0.3 is 8.97 Å². The second-order valence-electron chi connectivity index (χ2n) is 11.7. The quantitative estimate of drug-likeness (QED) is 0.485. The summed E-state index contributed by atoms with van der Waals surface area (Å²) in [7, 11) is 9.95. The molecular weight excluding hydrogens is 344 g/mol. The molecule has 4 fully saturated rings. The number of piperidine rings is 2. The summed E-state index contributed by atoms with van der Waals surface area (Å²) in [6.07, 6.45) is 14.5. The van der Waals surface area contributed by atoms with Gasteiger partial charge in [0, 0.05) is 25.7 Å². The highest BCUT2D eigenvalue weighted by atomic mass is 15.4. The summed E-state index contributed by atoms with van der Waals surface area (Å²) in [6, 6.07) is 3.59. The van der Waals surface area contributed by atoms with Gasteiger partial charge >= 0.3 is 0 Å². The second kappa shape index (κ2) is 8.53. The fraction of sp³-hybridized carbons (Fsp3) is 1.00. The molecule has 0 aromatic rings. The van der Waals surface area contributed by atoms with Crippen molar-refractivity contribution in [3.8, 4) is 0 Å². The van der Waals surface area contributed by atoms with Crippen LogP contribution in [0.5, 0.6) is 0 Å². The lowest BCUT2D eigenvalue weighted by Crippen LogP contribution is -2.68. The normalized spacial score (nSPS) is 37.7. The van der Waals surface area contributed by atoms with Crippen molar-refractivity contribution in [3.05, 3.63) is 0 Å². The van der Waals surface area contributed by atoms with E-state index in [1.165, 1.54) is 112 Å². The van der Waals surface area contributed by atoms with Crippen molar-refractivity contribution >= 4 is 0 Å². The molecular formula is C24H48N4+2. The fourth-order valence-corrected chi connectivity index (χ4v) is 7.04. The van der Waals surface area contributed by atoms with E-state index in [0.717, 1.165) is 24.2 Å². The molecule has 0 radical (unpaired) electrons. The Hall–Kier alpha value is -0.160. The Labute approximate surface area is 175 Å². The SMILES string of the molecule is C[N+]1(C)C2CCCC1CN(CCCCCCN1CC3CCCC(C1)[N+]3(C)C)C2. The average Bonchev–Trinajstić information content (AvgIpc) is 2.58. The van der Waals surface area contributed by atoms with Gasteiger partial charge in [-0.2, -0.15) is 0 Å².